The van der Waals surface area contributed by atoms with Crippen molar-refractivity contribution in [2.75, 3.05) is 13.2 Å². The topological polar surface area (TPSA) is 71.5 Å². The number of nitrogens with one attached hydrogen (secondary N) is 1. The molecule has 2 rings (SSSR count). The number of aliphatic hydroxyl groups is 1. The van der Waals surface area contributed by atoms with Crippen molar-refractivity contribution in [3.05, 3.63) is 59.2 Å². The molecule has 1 aromatic heterocycles. The number of ether oxygens (including phenoxy) is 1. The molecule has 2 N–H and O–H groups in total. The number of nitrogens with zero attached hydrogens (tertiary/aromatic N) is 1. The molecular weight excluding hydrogens is 316 g/mol. The Labute approximate surface area is 140 Å². The third-order valence-corrected chi connectivity index (χ3v) is 3.58. The van der Waals surface area contributed by atoms with Crippen molar-refractivity contribution in [2.24, 2.45) is 0 Å². The minimum Gasteiger partial charge on any atom is -0.475 e. The molecule has 0 saturated carbocycles. The van der Waals surface area contributed by atoms with Crippen LogP contribution in [-0.4, -0.2) is 29.1 Å². The largest absolute Gasteiger partial charge is 0.475 e. The minimum atomic E-state index is -1.21. The number of aromatic nitrogens is 1. The van der Waals surface area contributed by atoms with Crippen LogP contribution in [0.5, 0.6) is 5.88 Å². The van der Waals surface area contributed by atoms with E-state index >= 15 is 0 Å². The van der Waals surface area contributed by atoms with Crippen LogP contribution in [0.3, 0.4) is 0 Å². The van der Waals surface area contributed by atoms with Gasteiger partial charge in [-0.3, -0.25) is 4.79 Å². The number of pyridine rings is 1. The van der Waals surface area contributed by atoms with Gasteiger partial charge in [0.1, 0.15) is 11.6 Å². The maximum atomic E-state index is 11.9. The third kappa shape index (κ3) is 5.23. The smallest absolute Gasteiger partial charge is 0.232 e. The summed E-state index contributed by atoms with van der Waals surface area (Å²) in [5.41, 5.74) is -0.511. The predicted octanol–water partition coefficient (Wildman–Crippen LogP) is 2.53. The average molecular weight is 335 g/mol. The van der Waals surface area contributed by atoms with Gasteiger partial charge in [-0.15, -0.1) is 0 Å². The van der Waals surface area contributed by atoms with E-state index in [0.717, 1.165) is 0 Å². The molecule has 0 radical (unpaired) electrons. The summed E-state index contributed by atoms with van der Waals surface area (Å²) in [4.78, 5) is 15.9. The lowest BCUT2D eigenvalue weighted by Crippen LogP contribution is -2.34. The highest BCUT2D eigenvalue weighted by atomic mass is 35.5. The van der Waals surface area contributed by atoms with E-state index < -0.39 is 5.60 Å². The Morgan fingerprint density at radius 1 is 1.30 bits per heavy atom. The summed E-state index contributed by atoms with van der Waals surface area (Å²) in [6, 6.07) is 12.5. The Morgan fingerprint density at radius 3 is 2.74 bits per heavy atom. The highest BCUT2D eigenvalue weighted by Crippen LogP contribution is 2.23. The summed E-state index contributed by atoms with van der Waals surface area (Å²) in [5.74, 6) is 0.0780. The zero-order chi connectivity index (χ0) is 16.7. The molecule has 0 aliphatic rings. The van der Waals surface area contributed by atoms with Gasteiger partial charge in [0.2, 0.25) is 11.8 Å². The van der Waals surface area contributed by atoms with Gasteiger partial charge < -0.3 is 15.2 Å². The first kappa shape index (κ1) is 17.2. The van der Waals surface area contributed by atoms with Gasteiger partial charge in [-0.25, -0.2) is 4.98 Å². The quantitative estimate of drug-likeness (QED) is 0.763. The van der Waals surface area contributed by atoms with Crippen molar-refractivity contribution < 1.29 is 14.6 Å². The summed E-state index contributed by atoms with van der Waals surface area (Å²) in [6.07, 6.45) is 1.55. The molecule has 122 valence electrons. The Morgan fingerprint density at radius 2 is 2.04 bits per heavy atom. The maximum Gasteiger partial charge on any atom is 0.232 e. The van der Waals surface area contributed by atoms with Crippen LogP contribution in [0.4, 0.5) is 0 Å². The monoisotopic (exact) mass is 334 g/mol. The van der Waals surface area contributed by atoms with Crippen LogP contribution in [0.15, 0.2) is 48.7 Å². The van der Waals surface area contributed by atoms with Crippen molar-refractivity contribution in [1.82, 2.24) is 10.3 Å². The van der Waals surface area contributed by atoms with Gasteiger partial charge in [0.15, 0.2) is 0 Å². The van der Waals surface area contributed by atoms with Crippen LogP contribution >= 0.6 is 11.6 Å². The molecule has 1 atom stereocenters. The first-order valence-electron chi connectivity index (χ1n) is 7.27. The van der Waals surface area contributed by atoms with Crippen molar-refractivity contribution >= 4 is 17.5 Å². The lowest BCUT2D eigenvalue weighted by molar-refractivity contribution is -0.125. The fraction of sp³-hybridized carbons (Fsp3) is 0.294. The van der Waals surface area contributed by atoms with E-state index in [0.29, 0.717) is 23.0 Å². The Bertz CT molecular complexity index is 647. The highest BCUT2D eigenvalue weighted by molar-refractivity contribution is 6.31. The lowest BCUT2D eigenvalue weighted by Gasteiger charge is -2.23. The van der Waals surface area contributed by atoms with Gasteiger partial charge in [0.25, 0.3) is 0 Å². The Kier molecular flexibility index (Phi) is 5.96. The summed E-state index contributed by atoms with van der Waals surface area (Å²) in [5, 5.41) is 13.5. The number of hydrogen-bond acceptors (Lipinski definition) is 4. The van der Waals surface area contributed by atoms with Gasteiger partial charge in [-0.2, -0.15) is 0 Å². The molecule has 1 heterocycles. The molecule has 0 saturated heterocycles. The van der Waals surface area contributed by atoms with Crippen molar-refractivity contribution in [3.63, 3.8) is 0 Å². The third-order valence-electron chi connectivity index (χ3n) is 3.29. The van der Waals surface area contributed by atoms with Crippen LogP contribution in [-0.2, 0) is 10.4 Å². The number of carbonyl (C=O) groups is 1. The van der Waals surface area contributed by atoms with E-state index in [1.54, 1.807) is 37.4 Å². The van der Waals surface area contributed by atoms with Crippen molar-refractivity contribution in [1.29, 1.82) is 0 Å². The van der Waals surface area contributed by atoms with Crippen LogP contribution in [0, 0.1) is 0 Å². The van der Waals surface area contributed by atoms with Gasteiger partial charge >= 0.3 is 0 Å². The number of halogens is 1. The Balaban J connectivity index is 1.76. The molecule has 1 unspecified atom stereocenters. The standard InChI is InChI=1S/C17H19ClN2O3/c1-17(22,13-6-3-2-4-7-13)12-15(21)19-10-11-23-16-14(18)8-5-9-20-16/h2-9,22H,10-12H2,1H3,(H,19,21). The molecule has 1 amide bonds. The molecule has 0 aliphatic heterocycles. The van der Waals surface area contributed by atoms with Gasteiger partial charge in [-0.05, 0) is 24.6 Å². The van der Waals surface area contributed by atoms with Crippen LogP contribution in [0.25, 0.3) is 0 Å². The highest BCUT2D eigenvalue weighted by Gasteiger charge is 2.26. The molecule has 1 aromatic carbocycles. The molecule has 2 aromatic rings. The molecule has 0 fully saturated rings. The molecule has 5 nitrogen and oxygen atoms in total. The molecule has 6 heteroatoms. The van der Waals surface area contributed by atoms with Gasteiger partial charge in [0.05, 0.1) is 18.6 Å². The molecule has 23 heavy (non-hydrogen) atoms. The van der Waals surface area contributed by atoms with E-state index in [9.17, 15) is 9.90 Å². The number of carbonyl (C=O) groups excluding carboxylic acids is 1. The average Bonchev–Trinajstić information content (AvgIpc) is 2.53. The second kappa shape index (κ2) is 7.94. The summed E-state index contributed by atoms with van der Waals surface area (Å²) in [7, 11) is 0. The van der Waals surface area contributed by atoms with E-state index in [1.165, 1.54) is 0 Å². The number of amides is 1. The SMILES string of the molecule is CC(O)(CC(=O)NCCOc1ncccc1Cl)c1ccccc1. The van der Waals surface area contributed by atoms with Gasteiger partial charge in [-0.1, -0.05) is 41.9 Å². The molecular formula is C17H19ClN2O3. The van der Waals surface area contributed by atoms with E-state index in [2.05, 4.69) is 10.3 Å². The van der Waals surface area contributed by atoms with Gasteiger partial charge in [0, 0.05) is 6.20 Å². The first-order chi connectivity index (χ1) is 11.0. The van der Waals surface area contributed by atoms with E-state index in [-0.39, 0.29) is 18.9 Å². The zero-order valence-electron chi connectivity index (χ0n) is 12.8. The lowest BCUT2D eigenvalue weighted by atomic mass is 9.92. The van der Waals surface area contributed by atoms with Crippen molar-refractivity contribution in [2.45, 2.75) is 18.9 Å². The maximum absolute atomic E-state index is 11.9. The first-order valence-corrected chi connectivity index (χ1v) is 7.65. The fourth-order valence-electron chi connectivity index (χ4n) is 2.09. The molecule has 0 spiro atoms. The number of hydrogen-bond donors (Lipinski definition) is 2. The second-order valence-corrected chi connectivity index (χ2v) is 5.71. The van der Waals surface area contributed by atoms with Crippen LogP contribution < -0.4 is 10.1 Å². The van der Waals surface area contributed by atoms with Crippen molar-refractivity contribution in [3.8, 4) is 5.88 Å². The number of benzene rings is 1. The van der Waals surface area contributed by atoms with Crippen LogP contribution in [0.2, 0.25) is 5.02 Å². The number of rotatable bonds is 7. The Hall–Kier alpha value is -2.11. The van der Waals surface area contributed by atoms with Crippen LogP contribution in [0.1, 0.15) is 18.9 Å². The normalized spacial score (nSPS) is 13.2. The summed E-state index contributed by atoms with van der Waals surface area (Å²) in [6.45, 7) is 2.17. The van der Waals surface area contributed by atoms with E-state index in [1.807, 2.05) is 18.2 Å². The minimum absolute atomic E-state index is 0.0264. The summed E-state index contributed by atoms with van der Waals surface area (Å²) < 4.78 is 5.38. The zero-order valence-corrected chi connectivity index (χ0v) is 13.6. The fourth-order valence-corrected chi connectivity index (χ4v) is 2.27. The second-order valence-electron chi connectivity index (χ2n) is 5.31. The summed E-state index contributed by atoms with van der Waals surface area (Å²) >= 11 is 5.91. The predicted molar refractivity (Wildman–Crippen MR) is 88.4 cm³/mol. The molecule has 0 aliphatic carbocycles. The molecule has 0 bridgehead atoms. The van der Waals surface area contributed by atoms with E-state index in [4.69, 9.17) is 16.3 Å².